The Morgan fingerprint density at radius 2 is 1.79 bits per heavy atom. The zero-order chi connectivity index (χ0) is 24.8. The van der Waals surface area contributed by atoms with E-state index in [2.05, 4.69) is 21.2 Å². The SMILES string of the molecule is CNC(=O)C(C)N(Cc1cccc(Br)c1)C(=O)CCCN(c1ccc(C)c(C)c1)S(C)(=O)=O. The summed E-state index contributed by atoms with van der Waals surface area (Å²) in [5, 5.41) is 2.59. The fourth-order valence-electron chi connectivity index (χ4n) is 3.51. The van der Waals surface area contributed by atoms with E-state index in [1.165, 1.54) is 16.3 Å². The summed E-state index contributed by atoms with van der Waals surface area (Å²) in [7, 11) is -1.98. The highest BCUT2D eigenvalue weighted by Crippen LogP contribution is 2.22. The van der Waals surface area contributed by atoms with Gasteiger partial charge in [0.2, 0.25) is 21.8 Å². The predicted octanol–water partition coefficient (Wildman–Crippen LogP) is 3.78. The van der Waals surface area contributed by atoms with E-state index < -0.39 is 16.1 Å². The standard InChI is InChI=1S/C24H32BrN3O4S/c1-17-11-12-22(14-18(17)2)28(33(5,31)32)13-7-10-23(29)27(19(3)24(30)26-4)16-20-8-6-9-21(25)15-20/h6,8-9,11-12,14-15,19H,7,10,13,16H2,1-5H3,(H,26,30). The highest BCUT2D eigenvalue weighted by Gasteiger charge is 2.26. The molecule has 7 nitrogen and oxygen atoms in total. The summed E-state index contributed by atoms with van der Waals surface area (Å²) in [6.45, 7) is 6.04. The molecular formula is C24H32BrN3O4S. The van der Waals surface area contributed by atoms with Gasteiger partial charge in [-0.2, -0.15) is 0 Å². The average molecular weight is 539 g/mol. The number of hydrogen-bond donors (Lipinski definition) is 1. The maximum Gasteiger partial charge on any atom is 0.242 e. The molecule has 0 fully saturated rings. The van der Waals surface area contributed by atoms with Crippen LogP contribution in [0.1, 0.15) is 36.5 Å². The van der Waals surface area contributed by atoms with Crippen LogP contribution in [-0.2, 0) is 26.2 Å². The van der Waals surface area contributed by atoms with E-state index in [9.17, 15) is 18.0 Å². The predicted molar refractivity (Wildman–Crippen MR) is 136 cm³/mol. The number of rotatable bonds is 10. The summed E-state index contributed by atoms with van der Waals surface area (Å²) in [4.78, 5) is 26.9. The van der Waals surface area contributed by atoms with Crippen molar-refractivity contribution in [3.8, 4) is 0 Å². The average Bonchev–Trinajstić information content (AvgIpc) is 2.75. The van der Waals surface area contributed by atoms with Gasteiger partial charge in [0, 0.05) is 31.0 Å². The zero-order valence-electron chi connectivity index (χ0n) is 19.8. The highest BCUT2D eigenvalue weighted by molar-refractivity contribution is 9.10. The Bertz CT molecular complexity index is 1100. The van der Waals surface area contributed by atoms with E-state index in [1.807, 2.05) is 50.2 Å². The number of amides is 2. The quantitative estimate of drug-likeness (QED) is 0.499. The lowest BCUT2D eigenvalue weighted by Gasteiger charge is -2.29. The molecule has 0 aliphatic rings. The van der Waals surface area contributed by atoms with Gasteiger partial charge in [0.05, 0.1) is 11.9 Å². The molecule has 1 unspecified atom stereocenters. The Hall–Kier alpha value is -2.39. The van der Waals surface area contributed by atoms with Crippen molar-refractivity contribution in [1.29, 1.82) is 0 Å². The van der Waals surface area contributed by atoms with Crippen molar-refractivity contribution in [2.24, 2.45) is 0 Å². The number of carbonyl (C=O) groups is 2. The molecule has 180 valence electrons. The van der Waals surface area contributed by atoms with Gasteiger partial charge >= 0.3 is 0 Å². The molecule has 0 spiro atoms. The molecule has 0 bridgehead atoms. The first-order valence-electron chi connectivity index (χ1n) is 10.7. The first-order chi connectivity index (χ1) is 15.4. The second-order valence-electron chi connectivity index (χ2n) is 8.15. The smallest absolute Gasteiger partial charge is 0.242 e. The second kappa shape index (κ2) is 11.7. The molecule has 2 aromatic carbocycles. The Balaban J connectivity index is 2.16. The van der Waals surface area contributed by atoms with Crippen LogP contribution in [0.25, 0.3) is 0 Å². The number of nitrogens with zero attached hydrogens (tertiary/aromatic N) is 2. The number of hydrogen-bond acceptors (Lipinski definition) is 4. The van der Waals surface area contributed by atoms with Crippen molar-refractivity contribution in [3.63, 3.8) is 0 Å². The third-order valence-electron chi connectivity index (χ3n) is 5.59. The Kier molecular flexibility index (Phi) is 9.48. The molecule has 2 aromatic rings. The van der Waals surface area contributed by atoms with Crippen LogP contribution in [0.15, 0.2) is 46.9 Å². The normalized spacial score (nSPS) is 12.2. The van der Waals surface area contributed by atoms with Gasteiger partial charge in [-0.15, -0.1) is 0 Å². The van der Waals surface area contributed by atoms with Crippen LogP contribution in [0, 0.1) is 13.8 Å². The fraction of sp³-hybridized carbons (Fsp3) is 0.417. The Morgan fingerprint density at radius 1 is 1.09 bits per heavy atom. The number of anilines is 1. The van der Waals surface area contributed by atoms with Crippen LogP contribution in [0.4, 0.5) is 5.69 Å². The number of likely N-dealkylation sites (N-methyl/N-ethyl adjacent to an activating group) is 1. The van der Waals surface area contributed by atoms with E-state index in [1.54, 1.807) is 13.0 Å². The number of halogens is 1. The lowest BCUT2D eigenvalue weighted by molar-refractivity contribution is -0.140. The lowest BCUT2D eigenvalue weighted by atomic mass is 10.1. The maximum atomic E-state index is 13.1. The molecule has 0 heterocycles. The van der Waals surface area contributed by atoms with Crippen molar-refractivity contribution >= 4 is 43.5 Å². The fourth-order valence-corrected chi connectivity index (χ4v) is 4.91. The van der Waals surface area contributed by atoms with Gasteiger partial charge in [-0.25, -0.2) is 8.42 Å². The Labute approximate surface area is 205 Å². The molecule has 0 aliphatic heterocycles. The molecule has 2 amide bonds. The number of carbonyl (C=O) groups excluding carboxylic acids is 2. The first kappa shape index (κ1) is 26.9. The van der Waals surface area contributed by atoms with Crippen molar-refractivity contribution in [3.05, 3.63) is 63.6 Å². The largest absolute Gasteiger partial charge is 0.357 e. The zero-order valence-corrected chi connectivity index (χ0v) is 22.2. The van der Waals surface area contributed by atoms with Gasteiger partial charge in [0.25, 0.3) is 0 Å². The molecule has 9 heteroatoms. The van der Waals surface area contributed by atoms with Gasteiger partial charge < -0.3 is 10.2 Å². The minimum Gasteiger partial charge on any atom is -0.357 e. The van der Waals surface area contributed by atoms with Gasteiger partial charge in [-0.05, 0) is 68.1 Å². The number of aryl methyl sites for hydroxylation is 2. The number of nitrogens with one attached hydrogen (secondary N) is 1. The van der Waals surface area contributed by atoms with E-state index >= 15 is 0 Å². The van der Waals surface area contributed by atoms with Crippen molar-refractivity contribution in [2.45, 2.75) is 46.2 Å². The van der Waals surface area contributed by atoms with Crippen molar-refractivity contribution < 1.29 is 18.0 Å². The van der Waals surface area contributed by atoms with Crippen LogP contribution in [0.3, 0.4) is 0 Å². The van der Waals surface area contributed by atoms with Gasteiger partial charge in [-0.1, -0.05) is 34.1 Å². The molecular weight excluding hydrogens is 506 g/mol. The minimum atomic E-state index is -3.51. The van der Waals surface area contributed by atoms with Gasteiger partial charge in [0.1, 0.15) is 6.04 Å². The number of benzene rings is 2. The Morgan fingerprint density at radius 3 is 2.36 bits per heavy atom. The van der Waals surface area contributed by atoms with Crippen molar-refractivity contribution in [1.82, 2.24) is 10.2 Å². The van der Waals surface area contributed by atoms with Crippen molar-refractivity contribution in [2.75, 3.05) is 24.2 Å². The van der Waals surface area contributed by atoms with Gasteiger partial charge in [0.15, 0.2) is 0 Å². The molecule has 0 saturated heterocycles. The maximum absolute atomic E-state index is 13.1. The second-order valence-corrected chi connectivity index (χ2v) is 11.0. The molecule has 1 N–H and O–H groups in total. The third-order valence-corrected chi connectivity index (χ3v) is 7.27. The van der Waals surface area contributed by atoms with E-state index in [0.717, 1.165) is 27.4 Å². The molecule has 0 aromatic heterocycles. The summed E-state index contributed by atoms with van der Waals surface area (Å²) in [5.41, 5.74) is 3.55. The molecule has 1 atom stereocenters. The summed E-state index contributed by atoms with van der Waals surface area (Å²) in [5.74, 6) is -0.467. The first-order valence-corrected chi connectivity index (χ1v) is 13.4. The summed E-state index contributed by atoms with van der Waals surface area (Å²) >= 11 is 3.43. The summed E-state index contributed by atoms with van der Waals surface area (Å²) < 4.78 is 27.1. The van der Waals surface area contributed by atoms with Crippen LogP contribution in [0.2, 0.25) is 0 Å². The van der Waals surface area contributed by atoms with E-state index in [4.69, 9.17) is 0 Å². The van der Waals surface area contributed by atoms with E-state index in [0.29, 0.717) is 12.1 Å². The summed E-state index contributed by atoms with van der Waals surface area (Å²) in [6.07, 6.45) is 1.61. The topological polar surface area (TPSA) is 86.8 Å². The molecule has 0 radical (unpaired) electrons. The van der Waals surface area contributed by atoms with Crippen LogP contribution in [0.5, 0.6) is 0 Å². The number of sulfonamides is 1. The van der Waals surface area contributed by atoms with Crippen LogP contribution in [-0.4, -0.2) is 51.0 Å². The highest BCUT2D eigenvalue weighted by atomic mass is 79.9. The van der Waals surface area contributed by atoms with Crippen LogP contribution >= 0.6 is 15.9 Å². The molecule has 33 heavy (non-hydrogen) atoms. The van der Waals surface area contributed by atoms with Gasteiger partial charge in [-0.3, -0.25) is 13.9 Å². The minimum absolute atomic E-state index is 0.117. The molecule has 0 aliphatic carbocycles. The monoisotopic (exact) mass is 537 g/mol. The molecule has 0 saturated carbocycles. The molecule has 2 rings (SSSR count). The van der Waals surface area contributed by atoms with Crippen LogP contribution < -0.4 is 9.62 Å². The third kappa shape index (κ3) is 7.57. The van der Waals surface area contributed by atoms with E-state index in [-0.39, 0.29) is 31.3 Å². The lowest BCUT2D eigenvalue weighted by Crippen LogP contribution is -2.46. The summed E-state index contributed by atoms with van der Waals surface area (Å²) in [6, 6.07) is 12.4.